The van der Waals surface area contributed by atoms with Crippen LogP contribution in [-0.2, 0) is 23.8 Å². The first-order chi connectivity index (χ1) is 14.1. The Morgan fingerprint density at radius 1 is 0.967 bits per heavy atom. The molecule has 0 aliphatic heterocycles. The molecule has 1 rings (SSSR count). The van der Waals surface area contributed by atoms with Crippen molar-refractivity contribution in [3.8, 4) is 12.0 Å². The molecular formula is C16H24F3N3O7S. The van der Waals surface area contributed by atoms with Crippen LogP contribution in [0.25, 0.3) is 0 Å². The van der Waals surface area contributed by atoms with E-state index in [1.54, 1.807) is 0 Å². The molecular weight excluding hydrogens is 435 g/mol. The Morgan fingerprint density at radius 2 is 1.50 bits per heavy atom. The molecule has 0 saturated heterocycles. The number of hydrogen-bond donors (Lipinski definition) is 0. The fourth-order valence-electron chi connectivity index (χ4n) is 2.15. The Kier molecular flexibility index (Phi) is 10.2. The molecule has 1 aromatic heterocycles. The summed E-state index contributed by atoms with van der Waals surface area (Å²) in [6.45, 7) is 1.91. The van der Waals surface area contributed by atoms with Crippen molar-refractivity contribution in [2.24, 2.45) is 0 Å². The fourth-order valence-corrected chi connectivity index (χ4v) is 2.68. The number of halogens is 3. The van der Waals surface area contributed by atoms with Gasteiger partial charge < -0.3 is 14.2 Å². The van der Waals surface area contributed by atoms with Crippen molar-refractivity contribution in [3.63, 3.8) is 0 Å². The van der Waals surface area contributed by atoms with Crippen LogP contribution < -0.4 is 9.47 Å². The predicted molar refractivity (Wildman–Crippen MR) is 96.1 cm³/mol. The topological polar surface area (TPSA) is 127 Å². The van der Waals surface area contributed by atoms with Crippen molar-refractivity contribution in [2.45, 2.75) is 57.1 Å². The van der Waals surface area contributed by atoms with Gasteiger partial charge in [-0.1, -0.05) is 39.0 Å². The SMILES string of the molecule is CCCCCCCCOC(=O)C(OS(=O)(=O)C(F)(F)F)c1nc(OC)nc(OC)n1. The number of nitrogens with zero attached hydrogens (tertiary/aromatic N) is 3. The van der Waals surface area contributed by atoms with Gasteiger partial charge in [-0.3, -0.25) is 0 Å². The summed E-state index contributed by atoms with van der Waals surface area (Å²) in [6.07, 6.45) is 2.77. The van der Waals surface area contributed by atoms with Gasteiger partial charge >= 0.3 is 33.6 Å². The highest BCUT2D eigenvalue weighted by Gasteiger charge is 2.50. The quantitative estimate of drug-likeness (QED) is 0.188. The summed E-state index contributed by atoms with van der Waals surface area (Å²) < 4.78 is 79.6. The summed E-state index contributed by atoms with van der Waals surface area (Å²) in [5, 5.41) is 0. The van der Waals surface area contributed by atoms with E-state index in [0.717, 1.165) is 46.3 Å². The van der Waals surface area contributed by atoms with Crippen molar-refractivity contribution >= 4 is 16.1 Å². The van der Waals surface area contributed by atoms with Crippen LogP contribution in [0.3, 0.4) is 0 Å². The molecule has 1 unspecified atom stereocenters. The maximum atomic E-state index is 12.8. The normalized spacial score (nSPS) is 13.0. The molecule has 1 heterocycles. The number of carbonyl (C=O) groups is 1. The van der Waals surface area contributed by atoms with Gasteiger partial charge in [-0.15, -0.1) is 4.98 Å². The van der Waals surface area contributed by atoms with Gasteiger partial charge in [0.1, 0.15) is 0 Å². The maximum absolute atomic E-state index is 12.8. The van der Waals surface area contributed by atoms with Gasteiger partial charge in [-0.2, -0.15) is 31.6 Å². The molecule has 172 valence electrons. The Balaban J connectivity index is 3.00. The molecule has 10 nitrogen and oxygen atoms in total. The smallest absolute Gasteiger partial charge is 0.467 e. The van der Waals surface area contributed by atoms with E-state index in [1.165, 1.54) is 0 Å². The number of esters is 1. The first-order valence-corrected chi connectivity index (χ1v) is 10.5. The standard InChI is InChI=1S/C16H24F3N3O7S/c1-4-5-6-7-8-9-10-28-13(23)11(29-30(24,25)16(17,18)19)12-20-14(26-2)22-15(21-12)27-3/h11H,4-10H2,1-3H3. The highest BCUT2D eigenvalue weighted by molar-refractivity contribution is 7.87. The molecule has 0 radical (unpaired) electrons. The minimum Gasteiger partial charge on any atom is -0.467 e. The van der Waals surface area contributed by atoms with Gasteiger partial charge in [0.2, 0.25) is 6.10 Å². The van der Waals surface area contributed by atoms with E-state index >= 15 is 0 Å². The second kappa shape index (κ2) is 11.8. The summed E-state index contributed by atoms with van der Waals surface area (Å²) in [5.41, 5.74) is -5.77. The number of rotatable bonds is 13. The van der Waals surface area contributed by atoms with Crippen LogP contribution in [0.2, 0.25) is 0 Å². The molecule has 30 heavy (non-hydrogen) atoms. The fraction of sp³-hybridized carbons (Fsp3) is 0.750. The van der Waals surface area contributed by atoms with E-state index in [4.69, 9.17) is 14.2 Å². The van der Waals surface area contributed by atoms with Crippen molar-refractivity contribution < 1.29 is 44.8 Å². The number of ether oxygens (including phenoxy) is 3. The third-order valence-corrected chi connectivity index (χ3v) is 4.69. The lowest BCUT2D eigenvalue weighted by Crippen LogP contribution is -2.31. The first-order valence-electron chi connectivity index (χ1n) is 9.05. The monoisotopic (exact) mass is 459 g/mol. The molecule has 0 aliphatic carbocycles. The molecule has 0 bridgehead atoms. The summed E-state index contributed by atoms with van der Waals surface area (Å²) in [4.78, 5) is 23.1. The van der Waals surface area contributed by atoms with Gasteiger partial charge in [0.15, 0.2) is 5.82 Å². The molecule has 0 aliphatic rings. The lowest BCUT2D eigenvalue weighted by atomic mass is 10.1. The zero-order valence-corrected chi connectivity index (χ0v) is 17.6. The second-order valence-corrected chi connectivity index (χ2v) is 7.54. The lowest BCUT2D eigenvalue weighted by Gasteiger charge is -2.17. The summed E-state index contributed by atoms with van der Waals surface area (Å²) in [6, 6.07) is -0.864. The van der Waals surface area contributed by atoms with Crippen molar-refractivity contribution in [2.75, 3.05) is 20.8 Å². The second-order valence-electron chi connectivity index (χ2n) is 5.98. The van der Waals surface area contributed by atoms with Gasteiger partial charge in [-0.25, -0.2) is 8.98 Å². The predicted octanol–water partition coefficient (Wildman–Crippen LogP) is 2.70. The molecule has 1 aromatic rings. The van der Waals surface area contributed by atoms with Gasteiger partial charge in [0, 0.05) is 0 Å². The van der Waals surface area contributed by atoms with Crippen molar-refractivity contribution in [1.29, 1.82) is 0 Å². The zero-order chi connectivity index (χ0) is 22.8. The van der Waals surface area contributed by atoms with E-state index < -0.39 is 45.5 Å². The van der Waals surface area contributed by atoms with Crippen LogP contribution in [0, 0.1) is 0 Å². The number of alkyl halides is 3. The average Bonchev–Trinajstić information content (AvgIpc) is 2.69. The van der Waals surface area contributed by atoms with Crippen LogP contribution >= 0.6 is 0 Å². The molecule has 0 fully saturated rings. The van der Waals surface area contributed by atoms with E-state index in [1.807, 2.05) is 0 Å². The molecule has 0 N–H and O–H groups in total. The van der Waals surface area contributed by atoms with Crippen LogP contribution in [0.4, 0.5) is 13.2 Å². The van der Waals surface area contributed by atoms with Crippen molar-refractivity contribution in [3.05, 3.63) is 5.82 Å². The highest BCUT2D eigenvalue weighted by atomic mass is 32.2. The number of aromatic nitrogens is 3. The summed E-state index contributed by atoms with van der Waals surface area (Å²) in [7, 11) is -3.88. The van der Waals surface area contributed by atoms with E-state index in [2.05, 4.69) is 26.1 Å². The summed E-state index contributed by atoms with van der Waals surface area (Å²) >= 11 is 0. The summed E-state index contributed by atoms with van der Waals surface area (Å²) in [5.74, 6) is -2.19. The van der Waals surface area contributed by atoms with E-state index in [9.17, 15) is 26.4 Å². The van der Waals surface area contributed by atoms with Gasteiger partial charge in [0.05, 0.1) is 20.8 Å². The zero-order valence-electron chi connectivity index (χ0n) is 16.8. The number of unbranched alkanes of at least 4 members (excludes halogenated alkanes) is 5. The molecule has 0 amide bonds. The third-order valence-electron chi connectivity index (χ3n) is 3.67. The first kappa shape index (κ1) is 25.8. The molecule has 0 aromatic carbocycles. The number of carbonyl (C=O) groups excluding carboxylic acids is 1. The minimum atomic E-state index is -6.16. The van der Waals surface area contributed by atoms with E-state index in [0.29, 0.717) is 6.42 Å². The Bertz CT molecular complexity index is 769. The maximum Gasteiger partial charge on any atom is 0.523 e. The number of hydrogen-bond acceptors (Lipinski definition) is 10. The van der Waals surface area contributed by atoms with E-state index in [-0.39, 0.29) is 6.61 Å². The third kappa shape index (κ3) is 7.89. The number of methoxy groups -OCH3 is 2. The van der Waals surface area contributed by atoms with Gasteiger partial charge in [0.25, 0.3) is 0 Å². The largest absolute Gasteiger partial charge is 0.523 e. The van der Waals surface area contributed by atoms with Crippen LogP contribution in [0.5, 0.6) is 12.0 Å². The lowest BCUT2D eigenvalue weighted by molar-refractivity contribution is -0.153. The van der Waals surface area contributed by atoms with Crippen LogP contribution in [0.15, 0.2) is 0 Å². The Morgan fingerprint density at radius 3 is 2.00 bits per heavy atom. The van der Waals surface area contributed by atoms with Crippen molar-refractivity contribution in [1.82, 2.24) is 15.0 Å². The minimum absolute atomic E-state index is 0.143. The molecule has 0 spiro atoms. The van der Waals surface area contributed by atoms with Gasteiger partial charge in [-0.05, 0) is 6.42 Å². The molecule has 0 saturated carbocycles. The molecule has 1 atom stereocenters. The Labute approximate surface area is 172 Å². The van der Waals surface area contributed by atoms with Crippen LogP contribution in [-0.4, -0.2) is 55.7 Å². The Hall–Kier alpha value is -2.22. The average molecular weight is 459 g/mol. The van der Waals surface area contributed by atoms with Crippen LogP contribution in [0.1, 0.15) is 57.4 Å². The highest BCUT2D eigenvalue weighted by Crippen LogP contribution is 2.30. The molecule has 14 heteroatoms.